The molecule has 2 aromatic heterocycles. The van der Waals surface area contributed by atoms with Crippen LogP contribution in [0.5, 0.6) is 0 Å². The lowest BCUT2D eigenvalue weighted by molar-refractivity contribution is 1.21. The molecule has 2 N–H and O–H groups in total. The average molecular weight is 265 g/mol. The number of halogens is 1. The van der Waals surface area contributed by atoms with Crippen LogP contribution < -0.4 is 5.32 Å². The molecule has 2 heterocycles. The number of rotatable bonds is 3. The van der Waals surface area contributed by atoms with Crippen LogP contribution in [-0.2, 0) is 5.88 Å². The van der Waals surface area contributed by atoms with Gasteiger partial charge in [0.15, 0.2) is 5.13 Å². The van der Waals surface area contributed by atoms with Crippen LogP contribution in [0, 0.1) is 0 Å². The van der Waals surface area contributed by atoms with E-state index in [1.165, 1.54) is 11.3 Å². The second-order valence-corrected chi connectivity index (χ2v) is 4.63. The van der Waals surface area contributed by atoms with E-state index in [9.17, 15) is 0 Å². The molecule has 0 saturated heterocycles. The molecule has 0 atom stereocenters. The summed E-state index contributed by atoms with van der Waals surface area (Å²) in [7, 11) is 0. The lowest BCUT2D eigenvalue weighted by atomic mass is 10.3. The number of H-pyrrole nitrogens is 1. The smallest absolute Gasteiger partial charge is 0.207 e. The number of aromatic nitrogens is 3. The highest BCUT2D eigenvalue weighted by atomic mass is 35.5. The van der Waals surface area contributed by atoms with Crippen LogP contribution in [0.1, 0.15) is 5.69 Å². The number of alkyl halides is 1. The monoisotopic (exact) mass is 264 g/mol. The molecule has 0 unspecified atom stereocenters. The first-order valence-corrected chi connectivity index (χ1v) is 6.49. The summed E-state index contributed by atoms with van der Waals surface area (Å²) >= 11 is 7.21. The minimum absolute atomic E-state index is 0.429. The predicted octanol–water partition coefficient (Wildman–Crippen LogP) is 3.50. The number of fused-ring (bicyclic) bond motifs is 1. The molecule has 0 fully saturated rings. The number of thiazole rings is 1. The summed E-state index contributed by atoms with van der Waals surface area (Å²) in [5, 5.41) is 5.85. The van der Waals surface area contributed by atoms with Crippen molar-refractivity contribution in [3.8, 4) is 0 Å². The van der Waals surface area contributed by atoms with Gasteiger partial charge in [0.1, 0.15) is 0 Å². The van der Waals surface area contributed by atoms with E-state index < -0.39 is 0 Å². The standard InChI is InChI=1S/C11H9ClN4S/c12-5-7-6-17-11(13-7)16-10-14-8-3-1-2-4-9(8)15-10/h1-4,6H,5H2,(H2,13,14,15,16). The van der Waals surface area contributed by atoms with Gasteiger partial charge in [0, 0.05) is 5.38 Å². The van der Waals surface area contributed by atoms with Gasteiger partial charge in [-0.05, 0) is 12.1 Å². The van der Waals surface area contributed by atoms with Crippen molar-refractivity contribution in [2.24, 2.45) is 0 Å². The Morgan fingerprint density at radius 3 is 2.94 bits per heavy atom. The maximum Gasteiger partial charge on any atom is 0.207 e. The summed E-state index contributed by atoms with van der Waals surface area (Å²) < 4.78 is 0. The van der Waals surface area contributed by atoms with Gasteiger partial charge >= 0.3 is 0 Å². The molecule has 3 aromatic rings. The fourth-order valence-electron chi connectivity index (χ4n) is 1.54. The molecule has 0 bridgehead atoms. The molecule has 0 radical (unpaired) electrons. The zero-order valence-corrected chi connectivity index (χ0v) is 10.3. The topological polar surface area (TPSA) is 53.6 Å². The molecule has 1 aromatic carbocycles. The highest BCUT2D eigenvalue weighted by molar-refractivity contribution is 7.13. The van der Waals surface area contributed by atoms with E-state index in [1.54, 1.807) is 0 Å². The summed E-state index contributed by atoms with van der Waals surface area (Å²) in [4.78, 5) is 11.9. The van der Waals surface area contributed by atoms with E-state index in [2.05, 4.69) is 20.3 Å². The number of hydrogen-bond donors (Lipinski definition) is 2. The maximum atomic E-state index is 5.70. The average Bonchev–Trinajstić information content (AvgIpc) is 2.94. The van der Waals surface area contributed by atoms with Crippen molar-refractivity contribution < 1.29 is 0 Å². The van der Waals surface area contributed by atoms with Crippen molar-refractivity contribution in [2.45, 2.75) is 5.88 Å². The van der Waals surface area contributed by atoms with Gasteiger partial charge in [0.05, 0.1) is 22.6 Å². The Hall–Kier alpha value is -1.59. The first-order valence-electron chi connectivity index (χ1n) is 5.07. The van der Waals surface area contributed by atoms with E-state index in [-0.39, 0.29) is 0 Å². The molecule has 0 aliphatic heterocycles. The van der Waals surface area contributed by atoms with Crippen molar-refractivity contribution in [3.05, 3.63) is 35.3 Å². The third-order valence-electron chi connectivity index (χ3n) is 2.30. The van der Waals surface area contributed by atoms with Gasteiger partial charge in [-0.25, -0.2) is 9.97 Å². The molecule has 0 amide bonds. The van der Waals surface area contributed by atoms with Crippen LogP contribution in [-0.4, -0.2) is 15.0 Å². The molecule has 6 heteroatoms. The zero-order valence-electron chi connectivity index (χ0n) is 8.77. The van der Waals surface area contributed by atoms with Crippen molar-refractivity contribution in [1.29, 1.82) is 0 Å². The van der Waals surface area contributed by atoms with E-state index in [1.807, 2.05) is 29.6 Å². The van der Waals surface area contributed by atoms with Gasteiger partial charge in [0.25, 0.3) is 0 Å². The second-order valence-electron chi connectivity index (χ2n) is 3.51. The number of benzene rings is 1. The minimum atomic E-state index is 0.429. The number of hydrogen-bond acceptors (Lipinski definition) is 4. The Morgan fingerprint density at radius 1 is 1.29 bits per heavy atom. The quantitative estimate of drug-likeness (QED) is 0.712. The van der Waals surface area contributed by atoms with Gasteiger partial charge in [0.2, 0.25) is 5.95 Å². The number of nitrogens with zero attached hydrogens (tertiary/aromatic N) is 2. The third kappa shape index (κ3) is 2.11. The van der Waals surface area contributed by atoms with E-state index in [0.29, 0.717) is 11.8 Å². The van der Waals surface area contributed by atoms with Gasteiger partial charge in [-0.15, -0.1) is 22.9 Å². The Balaban J connectivity index is 1.89. The fraction of sp³-hybridized carbons (Fsp3) is 0.0909. The van der Waals surface area contributed by atoms with Crippen LogP contribution in [0.3, 0.4) is 0 Å². The summed E-state index contributed by atoms with van der Waals surface area (Å²) in [6, 6.07) is 7.88. The molecule has 0 aliphatic carbocycles. The van der Waals surface area contributed by atoms with Crippen LogP contribution in [0.25, 0.3) is 11.0 Å². The van der Waals surface area contributed by atoms with Gasteiger partial charge in [-0.3, -0.25) is 0 Å². The lowest BCUT2D eigenvalue weighted by Crippen LogP contribution is -1.91. The first kappa shape index (κ1) is 10.6. The predicted molar refractivity (Wildman–Crippen MR) is 71.0 cm³/mol. The summed E-state index contributed by atoms with van der Waals surface area (Å²) in [6.45, 7) is 0. The highest BCUT2D eigenvalue weighted by Crippen LogP contribution is 2.21. The fourth-order valence-corrected chi connectivity index (χ4v) is 2.48. The molecule has 17 heavy (non-hydrogen) atoms. The Kier molecular flexibility index (Phi) is 2.70. The van der Waals surface area contributed by atoms with Crippen LogP contribution >= 0.6 is 22.9 Å². The number of para-hydroxylation sites is 2. The Morgan fingerprint density at radius 2 is 2.18 bits per heavy atom. The second kappa shape index (κ2) is 4.35. The van der Waals surface area contributed by atoms with Crippen LogP contribution in [0.4, 0.5) is 11.1 Å². The van der Waals surface area contributed by atoms with Crippen molar-refractivity contribution in [3.63, 3.8) is 0 Å². The molecule has 3 rings (SSSR count). The van der Waals surface area contributed by atoms with Gasteiger partial charge in [-0.1, -0.05) is 12.1 Å². The molecule has 86 valence electrons. The summed E-state index contributed by atoms with van der Waals surface area (Å²) in [5.74, 6) is 1.12. The molecule has 4 nitrogen and oxygen atoms in total. The van der Waals surface area contributed by atoms with Gasteiger partial charge < -0.3 is 10.3 Å². The molecular formula is C11H9ClN4S. The highest BCUT2D eigenvalue weighted by Gasteiger charge is 2.05. The lowest BCUT2D eigenvalue weighted by Gasteiger charge is -1.95. The number of imidazole rings is 1. The van der Waals surface area contributed by atoms with Crippen LogP contribution in [0.2, 0.25) is 0 Å². The van der Waals surface area contributed by atoms with Crippen molar-refractivity contribution in [1.82, 2.24) is 15.0 Å². The van der Waals surface area contributed by atoms with Crippen molar-refractivity contribution in [2.75, 3.05) is 5.32 Å². The number of aromatic amines is 1. The zero-order chi connectivity index (χ0) is 11.7. The summed E-state index contributed by atoms with van der Waals surface area (Å²) in [5.41, 5.74) is 2.81. The van der Waals surface area contributed by atoms with Crippen LogP contribution in [0.15, 0.2) is 29.6 Å². The maximum absolute atomic E-state index is 5.70. The molecule has 0 aliphatic rings. The number of nitrogens with one attached hydrogen (secondary N) is 2. The van der Waals surface area contributed by atoms with E-state index in [4.69, 9.17) is 11.6 Å². The largest absolute Gasteiger partial charge is 0.324 e. The minimum Gasteiger partial charge on any atom is -0.324 e. The SMILES string of the molecule is ClCc1csc(Nc2nc3ccccc3[nH]2)n1. The van der Waals surface area contributed by atoms with Crippen molar-refractivity contribution >= 4 is 45.1 Å². The number of anilines is 2. The third-order valence-corrected chi connectivity index (χ3v) is 3.38. The van der Waals surface area contributed by atoms with E-state index in [0.717, 1.165) is 21.9 Å². The molecular weight excluding hydrogens is 256 g/mol. The first-order chi connectivity index (χ1) is 8.35. The van der Waals surface area contributed by atoms with Gasteiger partial charge in [-0.2, -0.15) is 0 Å². The molecule has 0 spiro atoms. The molecule has 0 saturated carbocycles. The Bertz CT molecular complexity index is 613. The normalized spacial score (nSPS) is 10.9. The Labute approximate surface area is 107 Å². The van der Waals surface area contributed by atoms with E-state index >= 15 is 0 Å². The summed E-state index contributed by atoms with van der Waals surface area (Å²) in [6.07, 6.45) is 0.